The van der Waals surface area contributed by atoms with Crippen LogP contribution in [0.1, 0.15) is 0 Å². The van der Waals surface area contributed by atoms with Gasteiger partial charge in [0.1, 0.15) is 0 Å². The van der Waals surface area contributed by atoms with E-state index in [2.05, 4.69) is 10.3 Å². The summed E-state index contributed by atoms with van der Waals surface area (Å²) in [6, 6.07) is 1.85. The second-order valence-corrected chi connectivity index (χ2v) is 1.53. The van der Waals surface area contributed by atoms with Crippen molar-refractivity contribution in [1.29, 1.82) is 5.26 Å². The van der Waals surface area contributed by atoms with Crippen LogP contribution in [0.4, 0.5) is 4.39 Å². The van der Waals surface area contributed by atoms with Gasteiger partial charge in [-0.3, -0.25) is 0 Å². The second kappa shape index (κ2) is 2.27. The van der Waals surface area contributed by atoms with Crippen molar-refractivity contribution in [3.05, 3.63) is 11.8 Å². The highest BCUT2D eigenvalue weighted by Crippen LogP contribution is 1.96. The van der Waals surface area contributed by atoms with Crippen molar-refractivity contribution >= 4 is 6.09 Å². The van der Waals surface area contributed by atoms with Crippen LogP contribution in [0.2, 0.25) is 0 Å². The van der Waals surface area contributed by atoms with E-state index in [1.54, 1.807) is 0 Å². The number of nitrogens with zero attached hydrogens (tertiary/aromatic N) is 2. The molecule has 3 nitrogen and oxygen atoms in total. The molecule has 0 aromatic carbocycles. The summed E-state index contributed by atoms with van der Waals surface area (Å²) in [5, 5.41) is 10.4. The van der Waals surface area contributed by atoms with Crippen LogP contribution < -0.4 is 5.32 Å². The summed E-state index contributed by atoms with van der Waals surface area (Å²) in [4.78, 5) is 3.33. The van der Waals surface area contributed by atoms with Gasteiger partial charge in [-0.2, -0.15) is 9.65 Å². The van der Waals surface area contributed by atoms with E-state index in [-0.39, 0.29) is 6.54 Å². The van der Waals surface area contributed by atoms with Crippen molar-refractivity contribution < 1.29 is 4.39 Å². The lowest BCUT2D eigenvalue weighted by molar-refractivity contribution is 0.741. The first kappa shape index (κ1) is 5.76. The largest absolute Gasteiger partial charge is 0.322 e. The predicted molar refractivity (Wildman–Crippen MR) is 30.2 cm³/mol. The van der Waals surface area contributed by atoms with Crippen LogP contribution in [-0.4, -0.2) is 12.6 Å². The Morgan fingerprint density at radius 3 is 3.11 bits per heavy atom. The molecule has 1 N–H and O–H groups in total. The van der Waals surface area contributed by atoms with Gasteiger partial charge in [0.15, 0.2) is 0 Å². The fourth-order valence-corrected chi connectivity index (χ4v) is 0.460. The minimum atomic E-state index is -0.631. The van der Waals surface area contributed by atoms with Crippen molar-refractivity contribution in [3.8, 4) is 6.07 Å². The van der Waals surface area contributed by atoms with Crippen molar-refractivity contribution in [3.63, 3.8) is 0 Å². The van der Waals surface area contributed by atoms with Crippen LogP contribution in [0.15, 0.2) is 16.8 Å². The fourth-order valence-electron chi connectivity index (χ4n) is 0.460. The summed E-state index contributed by atoms with van der Waals surface area (Å²) in [5.74, 6) is 0. The SMILES string of the molecule is N#CC1=CNC(F)=NC1. The highest BCUT2D eigenvalue weighted by Gasteiger charge is 2.01. The topological polar surface area (TPSA) is 48.2 Å². The molecule has 0 amide bonds. The third kappa shape index (κ3) is 1.26. The molecule has 0 aromatic rings. The molecule has 0 spiro atoms. The molecule has 4 heteroatoms. The van der Waals surface area contributed by atoms with Crippen LogP contribution in [0, 0.1) is 11.3 Å². The van der Waals surface area contributed by atoms with Gasteiger partial charge in [-0.1, -0.05) is 0 Å². The lowest BCUT2D eigenvalue weighted by Crippen LogP contribution is -2.17. The molecule has 0 fully saturated rings. The Morgan fingerprint density at radius 1 is 1.89 bits per heavy atom. The molecular weight excluding hydrogens is 121 g/mol. The number of aliphatic imine (C=N–C) groups is 1. The summed E-state index contributed by atoms with van der Waals surface area (Å²) in [6.07, 6.45) is 0.677. The van der Waals surface area contributed by atoms with Crippen LogP contribution in [0.5, 0.6) is 0 Å². The first-order chi connectivity index (χ1) is 4.33. The lowest BCUT2D eigenvalue weighted by Gasteiger charge is -2.01. The minimum Gasteiger partial charge on any atom is -0.322 e. The average molecular weight is 125 g/mol. The van der Waals surface area contributed by atoms with Crippen LogP contribution in [0.25, 0.3) is 0 Å². The predicted octanol–water partition coefficient (Wildman–Crippen LogP) is 0.323. The van der Waals surface area contributed by atoms with Gasteiger partial charge in [0.2, 0.25) is 0 Å². The summed E-state index contributed by atoms with van der Waals surface area (Å²) < 4.78 is 12.0. The smallest absolute Gasteiger partial charge is 0.282 e. The molecule has 0 bridgehead atoms. The number of nitriles is 1. The van der Waals surface area contributed by atoms with Gasteiger partial charge >= 0.3 is 0 Å². The van der Waals surface area contributed by atoms with E-state index in [0.29, 0.717) is 5.57 Å². The molecule has 1 heterocycles. The van der Waals surface area contributed by atoms with E-state index in [1.807, 2.05) is 6.07 Å². The van der Waals surface area contributed by atoms with Crippen LogP contribution in [-0.2, 0) is 0 Å². The zero-order chi connectivity index (χ0) is 6.69. The third-order valence-electron chi connectivity index (χ3n) is 0.897. The first-order valence-corrected chi connectivity index (χ1v) is 2.38. The van der Waals surface area contributed by atoms with Crippen molar-refractivity contribution in [2.45, 2.75) is 0 Å². The van der Waals surface area contributed by atoms with Gasteiger partial charge in [0.05, 0.1) is 18.2 Å². The Bertz CT molecular complexity index is 211. The first-order valence-electron chi connectivity index (χ1n) is 2.38. The maximum atomic E-state index is 12.0. The summed E-state index contributed by atoms with van der Waals surface area (Å²) in [6.45, 7) is 0.148. The molecule has 0 aliphatic carbocycles. The molecule has 1 rings (SSSR count). The molecule has 0 unspecified atom stereocenters. The van der Waals surface area contributed by atoms with E-state index in [0.717, 1.165) is 0 Å². The van der Waals surface area contributed by atoms with Gasteiger partial charge in [-0.25, -0.2) is 4.99 Å². The molecule has 0 saturated carbocycles. The lowest BCUT2D eigenvalue weighted by atomic mass is 10.3. The van der Waals surface area contributed by atoms with Gasteiger partial charge in [0.25, 0.3) is 6.09 Å². The molecule has 0 atom stereocenters. The number of nitrogens with one attached hydrogen (secondary N) is 1. The van der Waals surface area contributed by atoms with E-state index in [1.165, 1.54) is 6.20 Å². The number of hydrogen-bond acceptors (Lipinski definition) is 3. The molecule has 9 heavy (non-hydrogen) atoms. The monoisotopic (exact) mass is 125 g/mol. The molecule has 0 aromatic heterocycles. The number of halogens is 1. The molecule has 1 aliphatic rings. The van der Waals surface area contributed by atoms with Crippen molar-refractivity contribution in [2.24, 2.45) is 4.99 Å². The Labute approximate surface area is 51.5 Å². The average Bonchev–Trinajstić information content (AvgIpc) is 1.90. The number of amidine groups is 1. The second-order valence-electron chi connectivity index (χ2n) is 1.53. The summed E-state index contributed by atoms with van der Waals surface area (Å²) in [7, 11) is 0. The van der Waals surface area contributed by atoms with Gasteiger partial charge in [0, 0.05) is 6.20 Å². The number of hydrogen-bond donors (Lipinski definition) is 1. The minimum absolute atomic E-state index is 0.148. The highest BCUT2D eigenvalue weighted by atomic mass is 19.1. The Hall–Kier alpha value is -1.37. The quantitative estimate of drug-likeness (QED) is 0.474. The molecule has 46 valence electrons. The van der Waals surface area contributed by atoms with Crippen molar-refractivity contribution in [1.82, 2.24) is 5.32 Å². The van der Waals surface area contributed by atoms with E-state index >= 15 is 0 Å². The summed E-state index contributed by atoms with van der Waals surface area (Å²) >= 11 is 0. The zero-order valence-electron chi connectivity index (χ0n) is 4.56. The Balaban J connectivity index is 2.61. The van der Waals surface area contributed by atoms with E-state index in [4.69, 9.17) is 5.26 Å². The normalized spacial score (nSPS) is 16.9. The van der Waals surface area contributed by atoms with Gasteiger partial charge in [-0.05, 0) is 0 Å². The Morgan fingerprint density at radius 2 is 2.67 bits per heavy atom. The number of rotatable bonds is 0. The van der Waals surface area contributed by atoms with Crippen LogP contribution in [0.3, 0.4) is 0 Å². The Kier molecular flexibility index (Phi) is 1.45. The third-order valence-corrected chi connectivity index (χ3v) is 0.897. The van der Waals surface area contributed by atoms with Gasteiger partial charge < -0.3 is 5.32 Å². The maximum absolute atomic E-state index is 12.0. The van der Waals surface area contributed by atoms with Crippen molar-refractivity contribution in [2.75, 3.05) is 6.54 Å². The van der Waals surface area contributed by atoms with Gasteiger partial charge in [-0.15, -0.1) is 0 Å². The molecule has 0 radical (unpaired) electrons. The molecule has 0 saturated heterocycles. The standard InChI is InChI=1S/C5H4FN3/c6-5-8-2-4(1-7)3-9-5/h2H,3H2,(H,8,9). The zero-order valence-corrected chi connectivity index (χ0v) is 4.56. The summed E-state index contributed by atoms with van der Waals surface area (Å²) in [5.41, 5.74) is 0.441. The molecular formula is C5H4FN3. The highest BCUT2D eigenvalue weighted by molar-refractivity contribution is 5.74. The maximum Gasteiger partial charge on any atom is 0.282 e. The van der Waals surface area contributed by atoms with E-state index < -0.39 is 6.09 Å². The molecule has 1 aliphatic heterocycles. The van der Waals surface area contributed by atoms with Crippen LogP contribution >= 0.6 is 0 Å². The van der Waals surface area contributed by atoms with E-state index in [9.17, 15) is 4.39 Å². The fraction of sp³-hybridized carbons (Fsp3) is 0.200.